The van der Waals surface area contributed by atoms with E-state index in [9.17, 15) is 14.7 Å². The van der Waals surface area contributed by atoms with Crippen LogP contribution in [-0.4, -0.2) is 37.4 Å². The molecule has 33 heavy (non-hydrogen) atoms. The van der Waals surface area contributed by atoms with E-state index in [2.05, 4.69) is 50.5 Å². The zero-order valence-electron chi connectivity index (χ0n) is 19.5. The minimum Gasteiger partial charge on any atom is -0.388 e. The largest absolute Gasteiger partial charge is 0.388 e. The lowest BCUT2D eigenvalue weighted by molar-refractivity contribution is -0.199. The van der Waals surface area contributed by atoms with Gasteiger partial charge in [0.05, 0.1) is 29.6 Å². The van der Waals surface area contributed by atoms with Crippen molar-refractivity contribution < 1.29 is 9.90 Å². The van der Waals surface area contributed by atoms with E-state index >= 15 is 0 Å². The van der Waals surface area contributed by atoms with Crippen molar-refractivity contribution in [2.45, 2.75) is 71.2 Å². The van der Waals surface area contributed by atoms with Crippen LogP contribution in [0.3, 0.4) is 0 Å². The van der Waals surface area contributed by atoms with E-state index in [1.54, 1.807) is 18.6 Å². The number of hydrogen-bond acceptors (Lipinski definition) is 6. The van der Waals surface area contributed by atoms with Crippen LogP contribution in [0.15, 0.2) is 40.0 Å². The van der Waals surface area contributed by atoms with Crippen LogP contribution in [0, 0.1) is 17.3 Å². The lowest BCUT2D eigenvalue weighted by atomic mass is 9.43. The van der Waals surface area contributed by atoms with Gasteiger partial charge in [-0.3, -0.25) is 14.6 Å². The third-order valence-corrected chi connectivity index (χ3v) is 8.63. The number of rotatable bonds is 7. The van der Waals surface area contributed by atoms with E-state index < -0.39 is 11.2 Å². The molecular formula is C24H32BrN5O3. The summed E-state index contributed by atoms with van der Waals surface area (Å²) in [4.78, 5) is 29.5. The average Bonchev–Trinajstić information content (AvgIpc) is 2.78. The number of anilines is 1. The highest BCUT2D eigenvalue weighted by Crippen LogP contribution is 2.63. The fourth-order valence-corrected chi connectivity index (χ4v) is 6.06. The second-order valence-electron chi connectivity index (χ2n) is 10.1. The van der Waals surface area contributed by atoms with Crippen molar-refractivity contribution in [2.24, 2.45) is 17.3 Å². The lowest BCUT2D eigenvalue weighted by Gasteiger charge is -2.65. The van der Waals surface area contributed by atoms with Crippen LogP contribution in [0.4, 0.5) is 5.69 Å². The molecule has 8 nitrogen and oxygen atoms in total. The number of nitrogens with one attached hydrogen (secondary N) is 2. The molecule has 0 spiro atoms. The van der Waals surface area contributed by atoms with E-state index in [0.717, 1.165) is 23.1 Å². The third kappa shape index (κ3) is 4.33. The summed E-state index contributed by atoms with van der Waals surface area (Å²) in [5.41, 5.74) is 0.342. The Hall–Kier alpha value is -2.26. The predicted molar refractivity (Wildman–Crippen MR) is 130 cm³/mol. The molecule has 178 valence electrons. The second-order valence-corrected chi connectivity index (χ2v) is 10.9. The molecule has 9 heteroatoms. The van der Waals surface area contributed by atoms with E-state index in [0.29, 0.717) is 22.5 Å². The normalized spacial score (nSPS) is 28.5. The first-order valence-corrected chi connectivity index (χ1v) is 12.3. The molecule has 0 aromatic carbocycles. The van der Waals surface area contributed by atoms with Crippen LogP contribution in [0.5, 0.6) is 0 Å². The van der Waals surface area contributed by atoms with E-state index in [1.165, 1.54) is 0 Å². The molecular weight excluding hydrogens is 486 g/mol. The Kier molecular flexibility index (Phi) is 6.39. The average molecular weight is 518 g/mol. The SMILES string of the molecule is CCC(NC(=O)Cn1ncc(N[C@@H]2C[C@@H]3C[C@@H](C3(C)C)[C@]2(C)O)c(Br)c1=O)c1ccncc1. The van der Waals surface area contributed by atoms with Crippen LogP contribution in [0.2, 0.25) is 0 Å². The monoisotopic (exact) mass is 517 g/mol. The molecule has 1 unspecified atom stereocenters. The third-order valence-electron chi connectivity index (χ3n) is 7.86. The Morgan fingerprint density at radius 1 is 1.30 bits per heavy atom. The summed E-state index contributed by atoms with van der Waals surface area (Å²) >= 11 is 3.38. The van der Waals surface area contributed by atoms with Crippen LogP contribution >= 0.6 is 15.9 Å². The number of nitrogens with zero attached hydrogens (tertiary/aromatic N) is 3. The number of fused-ring (bicyclic) bond motifs is 2. The van der Waals surface area contributed by atoms with Crippen molar-refractivity contribution in [1.29, 1.82) is 0 Å². The summed E-state index contributed by atoms with van der Waals surface area (Å²) in [5.74, 6) is 0.463. The van der Waals surface area contributed by atoms with Crippen molar-refractivity contribution in [3.8, 4) is 0 Å². The quantitative estimate of drug-likeness (QED) is 0.519. The van der Waals surface area contributed by atoms with Gasteiger partial charge in [-0.15, -0.1) is 0 Å². The topological polar surface area (TPSA) is 109 Å². The molecule has 3 aliphatic rings. The van der Waals surface area contributed by atoms with Crippen LogP contribution in [-0.2, 0) is 11.3 Å². The van der Waals surface area contributed by atoms with Crippen molar-refractivity contribution in [2.75, 3.05) is 5.32 Å². The maximum absolute atomic E-state index is 12.9. The Morgan fingerprint density at radius 2 is 2.00 bits per heavy atom. The van der Waals surface area contributed by atoms with E-state index in [1.807, 2.05) is 26.0 Å². The number of halogens is 1. The predicted octanol–water partition coefficient (Wildman–Crippen LogP) is 3.27. The second kappa shape index (κ2) is 8.83. The first-order chi connectivity index (χ1) is 15.6. The molecule has 3 aliphatic carbocycles. The van der Waals surface area contributed by atoms with Crippen molar-refractivity contribution in [1.82, 2.24) is 20.1 Å². The van der Waals surface area contributed by atoms with Gasteiger partial charge in [0.15, 0.2) is 0 Å². The van der Waals surface area contributed by atoms with E-state index in [4.69, 9.17) is 0 Å². The molecule has 5 atom stereocenters. The van der Waals surface area contributed by atoms with Gasteiger partial charge < -0.3 is 15.7 Å². The molecule has 3 fully saturated rings. The van der Waals surface area contributed by atoms with Gasteiger partial charge in [-0.1, -0.05) is 20.8 Å². The molecule has 3 N–H and O–H groups in total. The zero-order chi connectivity index (χ0) is 24.0. The number of carbonyl (C=O) groups excluding carboxylic acids is 1. The van der Waals surface area contributed by atoms with Crippen molar-refractivity contribution in [3.05, 3.63) is 51.1 Å². The minimum atomic E-state index is -0.880. The molecule has 0 aliphatic heterocycles. The molecule has 1 amide bonds. The van der Waals surface area contributed by atoms with Gasteiger partial charge in [0.1, 0.15) is 11.0 Å². The van der Waals surface area contributed by atoms with Crippen LogP contribution in [0.25, 0.3) is 0 Å². The summed E-state index contributed by atoms with van der Waals surface area (Å²) in [7, 11) is 0. The standard InChI is InChI=1S/C24H32BrN5O3/c1-5-16(14-6-8-26-9-7-14)29-20(31)13-30-22(32)21(25)17(12-27-30)28-19-11-15-10-18(23(15,2)3)24(19,4)33/h6-9,12,15-16,18-19,28,33H,5,10-11,13H2,1-4H3,(H,29,31)/t15-,16?,18-,19+,24-/m0/s1. The van der Waals surface area contributed by atoms with Crippen LogP contribution in [0.1, 0.15) is 58.6 Å². The molecule has 2 aromatic heterocycles. The Bertz CT molecular complexity index is 1090. The van der Waals surface area contributed by atoms with Gasteiger partial charge in [-0.2, -0.15) is 5.10 Å². The Morgan fingerprint density at radius 3 is 2.61 bits per heavy atom. The smallest absolute Gasteiger partial charge is 0.283 e. The number of pyridine rings is 1. The molecule has 3 saturated carbocycles. The highest BCUT2D eigenvalue weighted by Gasteiger charge is 2.62. The van der Waals surface area contributed by atoms with Gasteiger partial charge in [0.25, 0.3) is 5.56 Å². The molecule has 2 aromatic rings. The highest BCUT2D eigenvalue weighted by molar-refractivity contribution is 9.10. The fraction of sp³-hybridized carbons (Fsp3) is 0.583. The lowest BCUT2D eigenvalue weighted by Crippen LogP contribution is -2.68. The molecule has 2 bridgehead atoms. The van der Waals surface area contributed by atoms with Gasteiger partial charge in [0.2, 0.25) is 5.91 Å². The summed E-state index contributed by atoms with van der Waals surface area (Å²) in [6.07, 6.45) is 7.50. The first kappa shape index (κ1) is 23.9. The van der Waals surface area contributed by atoms with Crippen LogP contribution < -0.4 is 16.2 Å². The minimum absolute atomic E-state index is 0.126. The van der Waals surface area contributed by atoms with Crippen molar-refractivity contribution >= 4 is 27.5 Å². The number of aliphatic hydroxyl groups is 1. The number of amides is 1. The maximum atomic E-state index is 12.9. The summed E-state index contributed by atoms with van der Waals surface area (Å²) in [6, 6.07) is 3.39. The fourth-order valence-electron chi connectivity index (χ4n) is 5.64. The van der Waals surface area contributed by atoms with Gasteiger partial charge in [-0.05, 0) is 77.1 Å². The number of hydrogen-bond donors (Lipinski definition) is 3. The maximum Gasteiger partial charge on any atom is 0.283 e. The Labute approximate surface area is 202 Å². The zero-order valence-corrected chi connectivity index (χ0v) is 21.1. The summed E-state index contributed by atoms with van der Waals surface area (Å²) < 4.78 is 1.45. The van der Waals surface area contributed by atoms with Gasteiger partial charge >= 0.3 is 0 Å². The Balaban J connectivity index is 1.45. The summed E-state index contributed by atoms with van der Waals surface area (Å²) in [5, 5.41) is 21.7. The molecule has 0 radical (unpaired) electrons. The van der Waals surface area contributed by atoms with Gasteiger partial charge in [-0.25, -0.2) is 4.68 Å². The highest BCUT2D eigenvalue weighted by atomic mass is 79.9. The first-order valence-electron chi connectivity index (χ1n) is 11.5. The van der Waals surface area contributed by atoms with Gasteiger partial charge in [0, 0.05) is 12.4 Å². The number of carbonyl (C=O) groups is 1. The van der Waals surface area contributed by atoms with Crippen molar-refractivity contribution in [3.63, 3.8) is 0 Å². The summed E-state index contributed by atoms with van der Waals surface area (Å²) in [6.45, 7) is 8.12. The molecule has 5 rings (SSSR count). The number of aromatic nitrogens is 3. The van der Waals surface area contributed by atoms with E-state index in [-0.39, 0.29) is 35.9 Å². The molecule has 2 heterocycles. The molecule has 0 saturated heterocycles.